The zero-order chi connectivity index (χ0) is 18.4. The second-order valence-corrected chi connectivity index (χ2v) is 5.89. The SMILES string of the molecule is COC1C2CCC1N(Cc1cccnc1)CCO2.O=C(O)C(F)(F)F. The highest BCUT2D eigenvalue weighted by Crippen LogP contribution is 2.32. The summed E-state index contributed by atoms with van der Waals surface area (Å²) in [5, 5.41) is 7.12. The number of carboxylic acids is 1. The second-order valence-electron chi connectivity index (χ2n) is 5.89. The van der Waals surface area contributed by atoms with Crippen LogP contribution in [0.2, 0.25) is 0 Å². The summed E-state index contributed by atoms with van der Waals surface area (Å²) >= 11 is 0. The number of carbonyl (C=O) groups is 1. The second kappa shape index (κ2) is 8.59. The van der Waals surface area contributed by atoms with E-state index in [1.54, 1.807) is 7.11 Å². The van der Waals surface area contributed by atoms with Gasteiger partial charge < -0.3 is 14.6 Å². The van der Waals surface area contributed by atoms with Gasteiger partial charge in [-0.3, -0.25) is 9.88 Å². The van der Waals surface area contributed by atoms with Crippen molar-refractivity contribution in [1.29, 1.82) is 0 Å². The minimum Gasteiger partial charge on any atom is -0.475 e. The molecular formula is C16H21F3N2O4. The summed E-state index contributed by atoms with van der Waals surface area (Å²) in [7, 11) is 1.80. The molecule has 0 spiro atoms. The van der Waals surface area contributed by atoms with Crippen LogP contribution in [-0.2, 0) is 20.8 Å². The van der Waals surface area contributed by atoms with Crippen LogP contribution in [-0.4, -0.2) is 65.6 Å². The summed E-state index contributed by atoms with van der Waals surface area (Å²) in [5.74, 6) is -2.76. The number of nitrogens with zero attached hydrogens (tertiary/aromatic N) is 2. The van der Waals surface area contributed by atoms with Crippen LogP contribution in [0.25, 0.3) is 0 Å². The molecule has 6 nitrogen and oxygen atoms in total. The lowest BCUT2D eigenvalue weighted by atomic mass is 10.1. The predicted octanol–water partition coefficient (Wildman–Crippen LogP) is 2.09. The number of methoxy groups -OCH3 is 1. The number of rotatable bonds is 3. The lowest BCUT2D eigenvalue weighted by Gasteiger charge is -2.30. The summed E-state index contributed by atoms with van der Waals surface area (Å²) in [6.45, 7) is 2.73. The van der Waals surface area contributed by atoms with Crippen molar-refractivity contribution >= 4 is 5.97 Å². The number of alkyl halides is 3. The molecule has 2 aliphatic rings. The van der Waals surface area contributed by atoms with E-state index in [-0.39, 0.29) is 6.10 Å². The average molecular weight is 362 g/mol. The quantitative estimate of drug-likeness (QED) is 0.888. The minimum atomic E-state index is -5.08. The fourth-order valence-electron chi connectivity index (χ4n) is 3.20. The number of ether oxygens (including phenoxy) is 2. The maximum absolute atomic E-state index is 10.6. The standard InChI is InChI=1S/C14H20N2O2.C2HF3O2/c1-17-14-12-4-5-13(14)18-8-7-16(12)10-11-3-2-6-15-9-11;3-2(4,5)1(6)7/h2-3,6,9,12-14H,4-5,7-8,10H2,1H3;(H,6,7). The van der Waals surface area contributed by atoms with E-state index < -0.39 is 12.1 Å². The third kappa shape index (κ3) is 5.38. The Morgan fingerprint density at radius 1 is 1.48 bits per heavy atom. The largest absolute Gasteiger partial charge is 0.490 e. The lowest BCUT2D eigenvalue weighted by molar-refractivity contribution is -0.192. The Labute approximate surface area is 143 Å². The molecule has 3 atom stereocenters. The number of fused-ring (bicyclic) bond motifs is 2. The molecule has 2 heterocycles. The molecule has 2 fully saturated rings. The first kappa shape index (κ1) is 19.6. The molecule has 1 saturated heterocycles. The third-order valence-corrected chi connectivity index (χ3v) is 4.30. The molecule has 1 saturated carbocycles. The van der Waals surface area contributed by atoms with E-state index in [4.69, 9.17) is 19.4 Å². The molecule has 2 bridgehead atoms. The molecule has 0 radical (unpaired) electrons. The molecule has 9 heteroatoms. The van der Waals surface area contributed by atoms with E-state index in [9.17, 15) is 13.2 Å². The first-order valence-corrected chi connectivity index (χ1v) is 7.90. The van der Waals surface area contributed by atoms with Gasteiger partial charge in [0.1, 0.15) is 0 Å². The summed E-state index contributed by atoms with van der Waals surface area (Å²) in [6.07, 6.45) is 1.48. The van der Waals surface area contributed by atoms with Crippen LogP contribution in [0.3, 0.4) is 0 Å². The molecule has 3 rings (SSSR count). The van der Waals surface area contributed by atoms with E-state index in [1.165, 1.54) is 12.0 Å². The van der Waals surface area contributed by atoms with Crippen molar-refractivity contribution in [2.75, 3.05) is 20.3 Å². The summed E-state index contributed by atoms with van der Waals surface area (Å²) in [4.78, 5) is 15.6. The van der Waals surface area contributed by atoms with Crippen molar-refractivity contribution in [3.63, 3.8) is 0 Å². The van der Waals surface area contributed by atoms with Crippen molar-refractivity contribution in [1.82, 2.24) is 9.88 Å². The average Bonchev–Trinajstić information content (AvgIpc) is 2.88. The van der Waals surface area contributed by atoms with Crippen molar-refractivity contribution < 1.29 is 32.5 Å². The van der Waals surface area contributed by atoms with E-state index in [2.05, 4.69) is 16.0 Å². The Hall–Kier alpha value is -1.71. The van der Waals surface area contributed by atoms with Gasteiger partial charge in [0.2, 0.25) is 0 Å². The highest BCUT2D eigenvalue weighted by Gasteiger charge is 2.42. The fraction of sp³-hybridized carbons (Fsp3) is 0.625. The van der Waals surface area contributed by atoms with E-state index >= 15 is 0 Å². The van der Waals surface area contributed by atoms with Crippen LogP contribution in [0.4, 0.5) is 13.2 Å². The summed E-state index contributed by atoms with van der Waals surface area (Å²) in [6, 6.07) is 4.62. The minimum absolute atomic E-state index is 0.226. The normalized spacial score (nSPS) is 26.5. The Bertz CT molecular complexity index is 556. The van der Waals surface area contributed by atoms with Gasteiger partial charge >= 0.3 is 12.1 Å². The molecule has 3 unspecified atom stereocenters. The molecule has 25 heavy (non-hydrogen) atoms. The van der Waals surface area contributed by atoms with Gasteiger partial charge in [0.25, 0.3) is 0 Å². The number of hydrogen-bond acceptors (Lipinski definition) is 5. The molecule has 140 valence electrons. The van der Waals surface area contributed by atoms with Crippen molar-refractivity contribution in [3.05, 3.63) is 30.1 Å². The van der Waals surface area contributed by atoms with Crippen molar-refractivity contribution in [3.8, 4) is 0 Å². The van der Waals surface area contributed by atoms with Gasteiger partial charge in [-0.05, 0) is 24.5 Å². The first-order chi connectivity index (χ1) is 11.8. The van der Waals surface area contributed by atoms with Crippen molar-refractivity contribution in [2.24, 2.45) is 0 Å². The van der Waals surface area contributed by atoms with Gasteiger partial charge in [0, 0.05) is 38.6 Å². The van der Waals surface area contributed by atoms with Crippen LogP contribution in [0, 0.1) is 0 Å². The van der Waals surface area contributed by atoms with Crippen LogP contribution >= 0.6 is 0 Å². The number of carboxylic acid groups (broad SMARTS) is 1. The number of pyridine rings is 1. The highest BCUT2D eigenvalue weighted by atomic mass is 19.4. The van der Waals surface area contributed by atoms with E-state index in [0.29, 0.717) is 12.1 Å². The number of hydrogen-bond donors (Lipinski definition) is 1. The van der Waals surface area contributed by atoms with Crippen LogP contribution < -0.4 is 0 Å². The Morgan fingerprint density at radius 3 is 2.76 bits per heavy atom. The van der Waals surface area contributed by atoms with Gasteiger partial charge in [0.15, 0.2) is 0 Å². The summed E-state index contributed by atoms with van der Waals surface area (Å²) < 4.78 is 43.3. The Balaban J connectivity index is 0.000000277. The number of halogens is 3. The Kier molecular flexibility index (Phi) is 6.74. The predicted molar refractivity (Wildman–Crippen MR) is 81.9 cm³/mol. The topological polar surface area (TPSA) is 71.9 Å². The highest BCUT2D eigenvalue weighted by molar-refractivity contribution is 5.73. The molecule has 1 aromatic heterocycles. The Morgan fingerprint density at radius 2 is 2.20 bits per heavy atom. The molecule has 0 amide bonds. The summed E-state index contributed by atoms with van der Waals surface area (Å²) in [5.41, 5.74) is 1.26. The number of aliphatic carboxylic acids is 1. The maximum Gasteiger partial charge on any atom is 0.490 e. The monoisotopic (exact) mass is 362 g/mol. The van der Waals surface area contributed by atoms with Crippen molar-refractivity contribution in [2.45, 2.75) is 43.8 Å². The van der Waals surface area contributed by atoms with Gasteiger partial charge in [-0.1, -0.05) is 6.07 Å². The van der Waals surface area contributed by atoms with E-state index in [0.717, 1.165) is 26.1 Å². The van der Waals surface area contributed by atoms with Gasteiger partial charge in [-0.25, -0.2) is 4.79 Å². The van der Waals surface area contributed by atoms with Crippen LogP contribution in [0.15, 0.2) is 24.5 Å². The zero-order valence-corrected chi connectivity index (χ0v) is 13.8. The molecule has 1 aromatic rings. The third-order valence-electron chi connectivity index (χ3n) is 4.30. The van der Waals surface area contributed by atoms with Gasteiger partial charge in [0.05, 0.1) is 18.8 Å². The zero-order valence-electron chi connectivity index (χ0n) is 13.8. The van der Waals surface area contributed by atoms with Crippen LogP contribution in [0.5, 0.6) is 0 Å². The van der Waals surface area contributed by atoms with E-state index in [1.807, 2.05) is 18.5 Å². The molecule has 1 aliphatic carbocycles. The molecule has 1 aliphatic heterocycles. The fourth-order valence-corrected chi connectivity index (χ4v) is 3.20. The smallest absolute Gasteiger partial charge is 0.475 e. The molecular weight excluding hydrogens is 341 g/mol. The first-order valence-electron chi connectivity index (χ1n) is 7.90. The maximum atomic E-state index is 10.6. The van der Waals surface area contributed by atoms with Gasteiger partial charge in [-0.2, -0.15) is 13.2 Å². The molecule has 1 N–H and O–H groups in total. The molecule has 0 aromatic carbocycles. The van der Waals surface area contributed by atoms with Crippen LogP contribution in [0.1, 0.15) is 18.4 Å². The lowest BCUT2D eigenvalue weighted by Crippen LogP contribution is -2.42. The number of aromatic nitrogens is 1. The van der Waals surface area contributed by atoms with Gasteiger partial charge in [-0.15, -0.1) is 0 Å².